The predicted octanol–water partition coefficient (Wildman–Crippen LogP) is 2.22. The van der Waals surface area contributed by atoms with E-state index in [0.717, 1.165) is 5.56 Å². The highest BCUT2D eigenvalue weighted by Crippen LogP contribution is 2.33. The minimum atomic E-state index is -0.600. The molecule has 2 aromatic rings. The number of rotatable bonds is 3. The van der Waals surface area contributed by atoms with Crippen LogP contribution in [0.2, 0.25) is 0 Å². The average molecular weight is 379 g/mol. The number of nitrogens with one attached hydrogen (secondary N) is 2. The number of hydrogen-bond donors (Lipinski definition) is 2. The highest BCUT2D eigenvalue weighted by atomic mass is 16.5. The van der Waals surface area contributed by atoms with Gasteiger partial charge in [0.1, 0.15) is 0 Å². The van der Waals surface area contributed by atoms with Crippen molar-refractivity contribution in [2.75, 3.05) is 36.9 Å². The summed E-state index contributed by atoms with van der Waals surface area (Å²) in [6, 6.07) is 14.2. The second-order valence-corrected chi connectivity index (χ2v) is 6.83. The first-order chi connectivity index (χ1) is 13.6. The van der Waals surface area contributed by atoms with Crippen molar-refractivity contribution in [3.05, 3.63) is 59.7 Å². The lowest BCUT2D eigenvalue weighted by Crippen LogP contribution is -2.41. The van der Waals surface area contributed by atoms with Crippen LogP contribution < -0.4 is 10.6 Å². The third-order valence-electron chi connectivity index (χ3n) is 5.03. The Labute approximate surface area is 162 Å². The van der Waals surface area contributed by atoms with E-state index in [4.69, 9.17) is 4.74 Å². The molecule has 0 saturated carbocycles. The monoisotopic (exact) mass is 379 g/mol. The largest absolute Gasteiger partial charge is 0.378 e. The fourth-order valence-corrected chi connectivity index (χ4v) is 3.58. The van der Waals surface area contributed by atoms with Gasteiger partial charge in [-0.3, -0.25) is 14.4 Å². The van der Waals surface area contributed by atoms with E-state index in [1.807, 2.05) is 18.2 Å². The quantitative estimate of drug-likeness (QED) is 0.856. The summed E-state index contributed by atoms with van der Waals surface area (Å²) in [5.41, 5.74) is 2.31. The maximum atomic E-state index is 13.0. The molecule has 4 rings (SSSR count). The highest BCUT2D eigenvalue weighted by Gasteiger charge is 2.31. The molecule has 7 heteroatoms. The van der Waals surface area contributed by atoms with Gasteiger partial charge in [0.25, 0.3) is 5.91 Å². The molecule has 2 N–H and O–H groups in total. The van der Waals surface area contributed by atoms with Crippen LogP contribution in [0.1, 0.15) is 28.3 Å². The molecule has 0 radical (unpaired) electrons. The Bertz CT molecular complexity index is 921. The van der Waals surface area contributed by atoms with Crippen LogP contribution in [0, 0.1) is 0 Å². The van der Waals surface area contributed by atoms with Crippen molar-refractivity contribution in [1.29, 1.82) is 0 Å². The third-order valence-corrected chi connectivity index (χ3v) is 5.03. The van der Waals surface area contributed by atoms with Gasteiger partial charge in [0.15, 0.2) is 0 Å². The zero-order valence-corrected chi connectivity index (χ0v) is 15.3. The normalized spacial score (nSPS) is 18.8. The average Bonchev–Trinajstić information content (AvgIpc) is 2.73. The van der Waals surface area contributed by atoms with E-state index in [1.54, 1.807) is 35.2 Å². The predicted molar refractivity (Wildman–Crippen MR) is 104 cm³/mol. The van der Waals surface area contributed by atoms with Crippen molar-refractivity contribution in [3.63, 3.8) is 0 Å². The molecule has 3 amide bonds. The van der Waals surface area contributed by atoms with Crippen LogP contribution >= 0.6 is 0 Å². The van der Waals surface area contributed by atoms with Gasteiger partial charge in [-0.15, -0.1) is 0 Å². The number of ether oxygens (including phenoxy) is 1. The second-order valence-electron chi connectivity index (χ2n) is 6.83. The summed E-state index contributed by atoms with van der Waals surface area (Å²) in [7, 11) is 0. The molecular weight excluding hydrogens is 358 g/mol. The Hall–Kier alpha value is -3.19. The van der Waals surface area contributed by atoms with Gasteiger partial charge in [0, 0.05) is 25.2 Å². The molecule has 1 saturated heterocycles. The number of carbonyl (C=O) groups is 3. The molecule has 144 valence electrons. The molecule has 1 unspecified atom stereocenters. The Morgan fingerprint density at radius 1 is 1.04 bits per heavy atom. The van der Waals surface area contributed by atoms with Gasteiger partial charge in [-0.25, -0.2) is 0 Å². The molecule has 7 nitrogen and oxygen atoms in total. The van der Waals surface area contributed by atoms with Gasteiger partial charge < -0.3 is 20.3 Å². The van der Waals surface area contributed by atoms with Gasteiger partial charge in [0.05, 0.1) is 30.4 Å². The lowest BCUT2D eigenvalue weighted by Gasteiger charge is -2.28. The molecule has 28 heavy (non-hydrogen) atoms. The first-order valence-corrected chi connectivity index (χ1v) is 9.29. The van der Waals surface area contributed by atoms with E-state index in [-0.39, 0.29) is 24.1 Å². The number of carbonyl (C=O) groups excluding carboxylic acids is 3. The first kappa shape index (κ1) is 18.2. The zero-order valence-electron chi connectivity index (χ0n) is 15.3. The molecule has 2 aliphatic rings. The van der Waals surface area contributed by atoms with Gasteiger partial charge in [-0.1, -0.05) is 30.3 Å². The standard InChI is InChI=1S/C21H21N3O4/c25-19-13-16(14-5-1-3-7-17(14)22-19)20(26)23-18-8-4-2-6-15(18)21(27)24-9-11-28-12-10-24/h1-8,16H,9-13H2,(H,22,25)(H,23,26). The molecule has 1 fully saturated rings. The summed E-state index contributed by atoms with van der Waals surface area (Å²) in [6.45, 7) is 2.07. The topological polar surface area (TPSA) is 87.7 Å². The highest BCUT2D eigenvalue weighted by molar-refractivity contribution is 6.08. The molecule has 0 spiro atoms. The lowest BCUT2D eigenvalue weighted by atomic mass is 9.89. The summed E-state index contributed by atoms with van der Waals surface area (Å²) in [4.78, 5) is 39.6. The second kappa shape index (κ2) is 7.82. The van der Waals surface area contributed by atoms with E-state index in [9.17, 15) is 14.4 Å². The van der Waals surface area contributed by atoms with E-state index < -0.39 is 5.92 Å². The Morgan fingerprint density at radius 2 is 1.75 bits per heavy atom. The van der Waals surface area contributed by atoms with E-state index in [0.29, 0.717) is 43.2 Å². The van der Waals surface area contributed by atoms with Crippen LogP contribution in [0.25, 0.3) is 0 Å². The minimum absolute atomic E-state index is 0.0718. The lowest BCUT2D eigenvalue weighted by molar-refractivity contribution is -0.123. The zero-order chi connectivity index (χ0) is 19.5. The van der Waals surface area contributed by atoms with Crippen LogP contribution in [0.15, 0.2) is 48.5 Å². The Morgan fingerprint density at radius 3 is 2.57 bits per heavy atom. The summed E-state index contributed by atoms with van der Waals surface area (Å²) >= 11 is 0. The maximum Gasteiger partial charge on any atom is 0.256 e. The molecule has 1 atom stereocenters. The van der Waals surface area contributed by atoms with Crippen molar-refractivity contribution in [1.82, 2.24) is 4.90 Å². The molecular formula is C21H21N3O4. The molecule has 0 aliphatic carbocycles. The number of nitrogens with zero attached hydrogens (tertiary/aromatic N) is 1. The number of benzene rings is 2. The fourth-order valence-electron chi connectivity index (χ4n) is 3.58. The first-order valence-electron chi connectivity index (χ1n) is 9.29. The summed E-state index contributed by atoms with van der Waals surface area (Å²) < 4.78 is 5.30. The molecule has 0 aromatic heterocycles. The van der Waals surface area contributed by atoms with E-state index >= 15 is 0 Å². The van der Waals surface area contributed by atoms with E-state index in [2.05, 4.69) is 10.6 Å². The van der Waals surface area contributed by atoms with Crippen molar-refractivity contribution in [3.8, 4) is 0 Å². The maximum absolute atomic E-state index is 13.0. The smallest absolute Gasteiger partial charge is 0.256 e. The number of fused-ring (bicyclic) bond motifs is 1. The Balaban J connectivity index is 1.57. The van der Waals surface area contributed by atoms with E-state index in [1.165, 1.54) is 0 Å². The van der Waals surface area contributed by atoms with Crippen LogP contribution in [-0.4, -0.2) is 48.9 Å². The van der Waals surface area contributed by atoms with Crippen molar-refractivity contribution in [2.45, 2.75) is 12.3 Å². The van der Waals surface area contributed by atoms with Gasteiger partial charge in [-0.2, -0.15) is 0 Å². The molecule has 0 bridgehead atoms. The summed E-state index contributed by atoms with van der Waals surface area (Å²) in [5, 5.41) is 5.65. The SMILES string of the molecule is O=C1CC(C(=O)Nc2ccccc2C(=O)N2CCOCC2)c2ccccc2N1. The van der Waals surface area contributed by atoms with Crippen LogP contribution in [0.5, 0.6) is 0 Å². The van der Waals surface area contributed by atoms with Crippen molar-refractivity contribution >= 4 is 29.1 Å². The van der Waals surface area contributed by atoms with Gasteiger partial charge >= 0.3 is 0 Å². The van der Waals surface area contributed by atoms with Crippen molar-refractivity contribution < 1.29 is 19.1 Å². The minimum Gasteiger partial charge on any atom is -0.378 e. The van der Waals surface area contributed by atoms with Crippen molar-refractivity contribution in [2.24, 2.45) is 0 Å². The van der Waals surface area contributed by atoms with Crippen LogP contribution in [0.3, 0.4) is 0 Å². The molecule has 2 aromatic carbocycles. The third kappa shape index (κ3) is 3.61. The number of para-hydroxylation sites is 2. The molecule has 2 heterocycles. The summed E-state index contributed by atoms with van der Waals surface area (Å²) in [5.74, 6) is -1.24. The number of morpholine rings is 1. The van der Waals surface area contributed by atoms with Crippen LogP contribution in [0.4, 0.5) is 11.4 Å². The van der Waals surface area contributed by atoms with Crippen LogP contribution in [-0.2, 0) is 14.3 Å². The van der Waals surface area contributed by atoms with Gasteiger partial charge in [-0.05, 0) is 23.8 Å². The molecule has 2 aliphatic heterocycles. The number of hydrogen-bond acceptors (Lipinski definition) is 4. The number of anilines is 2. The van der Waals surface area contributed by atoms with Gasteiger partial charge in [0.2, 0.25) is 11.8 Å². The summed E-state index contributed by atoms with van der Waals surface area (Å²) in [6.07, 6.45) is 0.0718. The fraction of sp³-hybridized carbons (Fsp3) is 0.286. The Kier molecular flexibility index (Phi) is 5.08. The number of amides is 3.